The average molecular weight is 405 g/mol. The second kappa shape index (κ2) is 8.69. The van der Waals surface area contributed by atoms with Gasteiger partial charge in [-0.1, -0.05) is 60.0 Å². The molecular weight excluding hydrogens is 378 g/mol. The molecule has 1 aliphatic carbocycles. The van der Waals surface area contributed by atoms with Gasteiger partial charge in [0.2, 0.25) is 11.7 Å². The monoisotopic (exact) mass is 405 g/mol. The molecule has 0 unspecified atom stereocenters. The van der Waals surface area contributed by atoms with E-state index in [4.69, 9.17) is 9.26 Å². The number of hydrogen-bond acceptors (Lipinski definition) is 5. The number of rotatable bonds is 7. The Bertz CT molecular complexity index is 1020. The highest BCUT2D eigenvalue weighted by atomic mass is 16.5. The van der Waals surface area contributed by atoms with Crippen molar-refractivity contribution in [1.82, 2.24) is 15.5 Å². The van der Waals surface area contributed by atoms with Gasteiger partial charge in [-0.25, -0.2) is 0 Å². The molecule has 30 heavy (non-hydrogen) atoms. The Morgan fingerprint density at radius 1 is 1.13 bits per heavy atom. The molecule has 1 saturated carbocycles. The summed E-state index contributed by atoms with van der Waals surface area (Å²) in [5.41, 5.74) is 3.08. The number of ether oxygens (including phenoxy) is 1. The first-order valence-electron chi connectivity index (χ1n) is 10.4. The number of aryl methyl sites for hydroxylation is 2. The van der Waals surface area contributed by atoms with Gasteiger partial charge in [0, 0.05) is 18.9 Å². The van der Waals surface area contributed by atoms with Gasteiger partial charge in [-0.2, -0.15) is 4.98 Å². The van der Waals surface area contributed by atoms with Crippen molar-refractivity contribution >= 4 is 5.91 Å². The highest BCUT2D eigenvalue weighted by Gasteiger charge is 2.36. The smallest absolute Gasteiger partial charge is 0.255 e. The largest absolute Gasteiger partial charge is 0.485 e. The van der Waals surface area contributed by atoms with Gasteiger partial charge in [-0.15, -0.1) is 0 Å². The second-order valence-corrected chi connectivity index (χ2v) is 8.05. The first-order chi connectivity index (χ1) is 14.6. The normalized spacial score (nSPS) is 15.1. The lowest BCUT2D eigenvalue weighted by Crippen LogP contribution is -2.39. The van der Waals surface area contributed by atoms with Gasteiger partial charge in [-0.3, -0.25) is 4.79 Å². The van der Waals surface area contributed by atoms with E-state index in [1.165, 1.54) is 24.0 Å². The van der Waals surface area contributed by atoms with Crippen LogP contribution in [0.4, 0.5) is 0 Å². The van der Waals surface area contributed by atoms with Crippen LogP contribution in [-0.4, -0.2) is 22.6 Å². The van der Waals surface area contributed by atoms with Crippen LogP contribution in [0.2, 0.25) is 0 Å². The van der Waals surface area contributed by atoms with Crippen LogP contribution < -0.4 is 10.1 Å². The van der Waals surface area contributed by atoms with Crippen molar-refractivity contribution < 1.29 is 14.1 Å². The molecule has 0 saturated heterocycles. The van der Waals surface area contributed by atoms with Gasteiger partial charge < -0.3 is 14.6 Å². The minimum absolute atomic E-state index is 0.000357. The summed E-state index contributed by atoms with van der Waals surface area (Å²) >= 11 is 0. The molecule has 6 heteroatoms. The summed E-state index contributed by atoms with van der Waals surface area (Å²) in [6, 6.07) is 15.9. The lowest BCUT2D eigenvalue weighted by atomic mass is 9.78. The Balaban J connectivity index is 1.47. The van der Waals surface area contributed by atoms with Crippen LogP contribution >= 0.6 is 0 Å². The van der Waals surface area contributed by atoms with Crippen LogP contribution in [0, 0.1) is 13.8 Å². The van der Waals surface area contributed by atoms with E-state index in [9.17, 15) is 4.79 Å². The van der Waals surface area contributed by atoms with Crippen molar-refractivity contribution in [3.8, 4) is 5.75 Å². The summed E-state index contributed by atoms with van der Waals surface area (Å²) < 4.78 is 10.8. The standard InChI is InChI=1S/C24H27N3O3/c1-17-8-7-9-19(14-17)24(12-5-6-13-24)16-25-23(28)20-10-3-4-11-21(20)29-15-22-26-18(2)30-27-22/h3-4,7-11,14H,5-6,12-13,15-16H2,1-2H3,(H,25,28). The minimum atomic E-state index is -0.131. The van der Waals surface area contributed by atoms with Gasteiger partial charge in [0.15, 0.2) is 6.61 Å². The number of benzene rings is 2. The number of carbonyl (C=O) groups excluding carboxylic acids is 1. The molecule has 1 aromatic heterocycles. The van der Waals surface area contributed by atoms with E-state index in [0.29, 0.717) is 29.6 Å². The Labute approximate surface area is 176 Å². The third kappa shape index (κ3) is 4.37. The maximum Gasteiger partial charge on any atom is 0.255 e. The predicted molar refractivity (Wildman–Crippen MR) is 113 cm³/mol. The molecule has 2 aromatic carbocycles. The first-order valence-corrected chi connectivity index (χ1v) is 10.4. The lowest BCUT2D eigenvalue weighted by Gasteiger charge is -2.30. The van der Waals surface area contributed by atoms with Gasteiger partial charge in [0.05, 0.1) is 5.56 Å². The summed E-state index contributed by atoms with van der Waals surface area (Å²) in [4.78, 5) is 17.2. The zero-order chi connectivity index (χ0) is 21.0. The topological polar surface area (TPSA) is 77.2 Å². The second-order valence-electron chi connectivity index (χ2n) is 8.05. The van der Waals surface area contributed by atoms with E-state index in [2.05, 4.69) is 46.6 Å². The highest BCUT2D eigenvalue weighted by Crippen LogP contribution is 2.41. The van der Waals surface area contributed by atoms with Crippen LogP contribution in [0.1, 0.15) is 58.9 Å². The van der Waals surface area contributed by atoms with Crippen LogP contribution in [-0.2, 0) is 12.0 Å². The number of nitrogens with one attached hydrogen (secondary N) is 1. The Morgan fingerprint density at radius 2 is 1.93 bits per heavy atom. The zero-order valence-corrected chi connectivity index (χ0v) is 17.5. The molecule has 6 nitrogen and oxygen atoms in total. The quantitative estimate of drug-likeness (QED) is 0.626. The van der Waals surface area contributed by atoms with Gasteiger partial charge in [-0.05, 0) is 37.5 Å². The third-order valence-electron chi connectivity index (χ3n) is 5.84. The minimum Gasteiger partial charge on any atom is -0.485 e. The Hall–Kier alpha value is -3.15. The van der Waals surface area contributed by atoms with Crippen LogP contribution in [0.25, 0.3) is 0 Å². The molecule has 0 spiro atoms. The van der Waals surface area contributed by atoms with Crippen molar-refractivity contribution in [2.75, 3.05) is 6.54 Å². The van der Waals surface area contributed by atoms with Crippen LogP contribution in [0.3, 0.4) is 0 Å². The summed E-state index contributed by atoms with van der Waals surface area (Å²) in [5.74, 6) is 1.31. The van der Waals surface area contributed by atoms with Crippen LogP contribution in [0.15, 0.2) is 53.1 Å². The molecule has 1 fully saturated rings. The third-order valence-corrected chi connectivity index (χ3v) is 5.84. The molecule has 0 atom stereocenters. The molecule has 156 valence electrons. The number of nitrogens with zero attached hydrogens (tertiary/aromatic N) is 2. The van der Waals surface area contributed by atoms with Crippen molar-refractivity contribution in [2.24, 2.45) is 0 Å². The maximum absolute atomic E-state index is 13.0. The molecule has 1 heterocycles. The van der Waals surface area contributed by atoms with Gasteiger partial charge in [0.25, 0.3) is 5.91 Å². The number of carbonyl (C=O) groups is 1. The first kappa shape index (κ1) is 20.1. The molecule has 0 radical (unpaired) electrons. The zero-order valence-electron chi connectivity index (χ0n) is 17.5. The summed E-state index contributed by atoms with van der Waals surface area (Å²) in [6.07, 6.45) is 4.55. The molecular formula is C24H27N3O3. The SMILES string of the molecule is Cc1cccc(C2(CNC(=O)c3ccccc3OCc3noc(C)n3)CCCC2)c1. The fraction of sp³-hybridized carbons (Fsp3) is 0.375. The maximum atomic E-state index is 13.0. The molecule has 1 aliphatic rings. The van der Waals surface area contributed by atoms with Crippen molar-refractivity contribution in [1.29, 1.82) is 0 Å². The summed E-state index contributed by atoms with van der Waals surface area (Å²) in [6.45, 7) is 4.61. The van der Waals surface area contributed by atoms with Gasteiger partial charge in [0.1, 0.15) is 5.75 Å². The van der Waals surface area contributed by atoms with E-state index in [1.807, 2.05) is 12.1 Å². The van der Waals surface area contributed by atoms with Crippen molar-refractivity contribution in [3.05, 3.63) is 76.9 Å². The summed E-state index contributed by atoms with van der Waals surface area (Å²) in [7, 11) is 0. The number of hydrogen-bond donors (Lipinski definition) is 1. The predicted octanol–water partition coefficient (Wildman–Crippen LogP) is 4.51. The number of amides is 1. The lowest BCUT2D eigenvalue weighted by molar-refractivity contribution is 0.0938. The average Bonchev–Trinajstić information content (AvgIpc) is 3.40. The number of para-hydroxylation sites is 1. The molecule has 1 N–H and O–H groups in total. The summed E-state index contributed by atoms with van der Waals surface area (Å²) in [5, 5.41) is 7.01. The van der Waals surface area contributed by atoms with Crippen molar-refractivity contribution in [3.63, 3.8) is 0 Å². The molecule has 0 bridgehead atoms. The fourth-order valence-electron chi connectivity index (χ4n) is 4.26. The molecule has 1 amide bonds. The molecule has 3 aromatic rings. The van der Waals surface area contributed by atoms with E-state index in [-0.39, 0.29) is 17.9 Å². The Morgan fingerprint density at radius 3 is 2.67 bits per heavy atom. The molecule has 0 aliphatic heterocycles. The van der Waals surface area contributed by atoms with Gasteiger partial charge >= 0.3 is 0 Å². The van der Waals surface area contributed by atoms with E-state index in [1.54, 1.807) is 19.1 Å². The highest BCUT2D eigenvalue weighted by molar-refractivity contribution is 5.97. The van der Waals surface area contributed by atoms with E-state index in [0.717, 1.165) is 12.8 Å². The van der Waals surface area contributed by atoms with Crippen molar-refractivity contribution in [2.45, 2.75) is 51.6 Å². The van der Waals surface area contributed by atoms with Crippen LogP contribution in [0.5, 0.6) is 5.75 Å². The number of aromatic nitrogens is 2. The van der Waals surface area contributed by atoms with E-state index < -0.39 is 0 Å². The molecule has 4 rings (SSSR count). The van der Waals surface area contributed by atoms with E-state index >= 15 is 0 Å². The Kier molecular flexibility index (Phi) is 5.84. The fourth-order valence-corrected chi connectivity index (χ4v) is 4.26.